The number of benzene rings is 5. The summed E-state index contributed by atoms with van der Waals surface area (Å²) in [6, 6.07) is 37.4. The number of anilines is 2. The molecule has 4 nitrogen and oxygen atoms in total. The van der Waals surface area contributed by atoms with Crippen LogP contribution in [-0.2, 0) is 0 Å². The van der Waals surface area contributed by atoms with Crippen LogP contribution in [0.15, 0.2) is 158 Å². The Hall–Kier alpha value is -6.40. The normalized spacial score (nSPS) is 17.5. The third-order valence-electron chi connectivity index (χ3n) is 10.5. The third kappa shape index (κ3) is 5.02. The Kier molecular flexibility index (Phi) is 7.10. The second-order valence-corrected chi connectivity index (χ2v) is 13.6. The minimum atomic E-state index is -0.595. The number of allylic oxidation sites excluding steroid dienone is 6. The second kappa shape index (κ2) is 12.1. The van der Waals surface area contributed by atoms with Gasteiger partial charge in [0.15, 0.2) is 0 Å². The van der Waals surface area contributed by atoms with Gasteiger partial charge in [0.05, 0.1) is 28.5 Å². The summed E-state index contributed by atoms with van der Waals surface area (Å²) in [4.78, 5) is 12.5. The van der Waals surface area contributed by atoms with Crippen molar-refractivity contribution in [3.05, 3.63) is 181 Å². The summed E-state index contributed by atoms with van der Waals surface area (Å²) in [5.74, 6) is -0.511. The van der Waals surface area contributed by atoms with E-state index in [1.807, 2.05) is 30.4 Å². The van der Waals surface area contributed by atoms with E-state index in [0.29, 0.717) is 11.6 Å². The van der Waals surface area contributed by atoms with Gasteiger partial charge < -0.3 is 4.90 Å². The van der Waals surface area contributed by atoms with Gasteiger partial charge in [0, 0.05) is 39.7 Å². The van der Waals surface area contributed by atoms with E-state index in [4.69, 9.17) is 9.97 Å². The first-order valence-electron chi connectivity index (χ1n) is 17.7. The highest BCUT2D eigenvalue weighted by Crippen LogP contribution is 2.49. The minimum Gasteiger partial charge on any atom is -0.333 e. The molecule has 0 saturated heterocycles. The van der Waals surface area contributed by atoms with Crippen molar-refractivity contribution in [2.45, 2.75) is 24.8 Å². The van der Waals surface area contributed by atoms with Gasteiger partial charge in [-0.15, -0.1) is 0 Å². The van der Waals surface area contributed by atoms with Crippen LogP contribution in [0.25, 0.3) is 55.7 Å². The summed E-state index contributed by atoms with van der Waals surface area (Å²) in [6.07, 6.45) is 16.9. The van der Waals surface area contributed by atoms with E-state index in [2.05, 4.69) is 119 Å². The van der Waals surface area contributed by atoms with Crippen LogP contribution in [-0.4, -0.2) is 20.6 Å². The molecule has 1 aliphatic heterocycles. The Morgan fingerprint density at radius 2 is 1.37 bits per heavy atom. The summed E-state index contributed by atoms with van der Waals surface area (Å²) in [5, 5.41) is 2.22. The van der Waals surface area contributed by atoms with Crippen LogP contribution < -0.4 is 4.90 Å². The number of nitrogens with zero attached hydrogens (tertiary/aromatic N) is 4. The van der Waals surface area contributed by atoms with Crippen molar-refractivity contribution in [1.82, 2.24) is 14.5 Å². The third-order valence-corrected chi connectivity index (χ3v) is 10.5. The molecule has 52 heavy (non-hydrogen) atoms. The summed E-state index contributed by atoms with van der Waals surface area (Å²) >= 11 is 0. The molecular formula is C46H32F2N4. The molecule has 2 aliphatic carbocycles. The van der Waals surface area contributed by atoms with E-state index in [9.17, 15) is 8.78 Å². The monoisotopic (exact) mass is 678 g/mol. The lowest BCUT2D eigenvalue weighted by Crippen LogP contribution is -2.28. The Morgan fingerprint density at radius 3 is 2.21 bits per heavy atom. The quantitative estimate of drug-likeness (QED) is 0.182. The van der Waals surface area contributed by atoms with Crippen LogP contribution >= 0.6 is 0 Å². The SMILES string of the molecule is Fc1cc(F)cc(N2c3cc(-c4ccc5c6ccccc6n(-c6nc(C7=CCCC=C7)cc(-c7ccccc7)n6)c5c4)ccc3C3C=CC=CC32)c1. The Balaban J connectivity index is 1.17. The summed E-state index contributed by atoms with van der Waals surface area (Å²) in [7, 11) is 0. The molecule has 0 bridgehead atoms. The first-order valence-corrected chi connectivity index (χ1v) is 17.7. The van der Waals surface area contributed by atoms with E-state index >= 15 is 0 Å². The van der Waals surface area contributed by atoms with E-state index < -0.39 is 11.6 Å². The van der Waals surface area contributed by atoms with Crippen LogP contribution in [0.2, 0.25) is 0 Å². The van der Waals surface area contributed by atoms with Crippen LogP contribution in [0.4, 0.5) is 20.2 Å². The average Bonchev–Trinajstić information content (AvgIpc) is 3.70. The van der Waals surface area contributed by atoms with Crippen molar-refractivity contribution in [2.24, 2.45) is 0 Å². The van der Waals surface area contributed by atoms with Gasteiger partial charge >= 0.3 is 0 Å². The number of hydrogen-bond donors (Lipinski definition) is 0. The Labute approximate surface area is 300 Å². The zero-order valence-corrected chi connectivity index (χ0v) is 28.1. The molecule has 250 valence electrons. The number of halogens is 2. The van der Waals surface area contributed by atoms with Crippen LogP contribution in [0.3, 0.4) is 0 Å². The van der Waals surface area contributed by atoms with Gasteiger partial charge in [-0.1, -0.05) is 115 Å². The van der Waals surface area contributed by atoms with Gasteiger partial charge in [-0.2, -0.15) is 0 Å². The van der Waals surface area contributed by atoms with Crippen molar-refractivity contribution in [2.75, 3.05) is 4.90 Å². The van der Waals surface area contributed by atoms with Crippen LogP contribution in [0, 0.1) is 11.6 Å². The number of hydrogen-bond acceptors (Lipinski definition) is 3. The lowest BCUT2D eigenvalue weighted by atomic mass is 9.90. The smallest absolute Gasteiger partial charge is 0.235 e. The van der Waals surface area contributed by atoms with E-state index in [-0.39, 0.29) is 12.0 Å². The number of fused-ring (bicyclic) bond motifs is 6. The van der Waals surface area contributed by atoms with Crippen LogP contribution in [0.1, 0.15) is 30.0 Å². The second-order valence-electron chi connectivity index (χ2n) is 13.6. The van der Waals surface area contributed by atoms with Crippen molar-refractivity contribution in [1.29, 1.82) is 0 Å². The first kappa shape index (κ1) is 30.4. The maximum absolute atomic E-state index is 14.6. The van der Waals surface area contributed by atoms with Gasteiger partial charge in [-0.25, -0.2) is 18.7 Å². The highest BCUT2D eigenvalue weighted by molar-refractivity contribution is 6.10. The summed E-state index contributed by atoms with van der Waals surface area (Å²) < 4.78 is 31.3. The van der Waals surface area contributed by atoms with E-state index in [1.165, 1.54) is 12.1 Å². The highest BCUT2D eigenvalue weighted by Gasteiger charge is 2.38. The molecule has 3 aliphatic rings. The maximum Gasteiger partial charge on any atom is 0.235 e. The number of aromatic nitrogens is 3. The average molecular weight is 679 g/mol. The maximum atomic E-state index is 14.6. The standard InChI is InChI=1S/C46H32F2N4/c47-33-25-34(48)27-35(26-33)51-42-17-9-7-15-36(42)38-21-19-31(23-44(38)51)32-20-22-39-37-16-8-10-18-43(37)52(45(39)24-32)46-49-40(29-11-3-1-4-12-29)28-41(50-46)30-13-5-2-6-14-30/h1,3-5,7-28,36,42H,2,6H2. The lowest BCUT2D eigenvalue weighted by Gasteiger charge is -2.28. The zero-order valence-electron chi connectivity index (χ0n) is 28.1. The molecule has 2 aromatic heterocycles. The van der Waals surface area contributed by atoms with Crippen molar-refractivity contribution < 1.29 is 8.78 Å². The molecule has 0 saturated carbocycles. The molecule has 0 N–H and O–H groups in total. The predicted molar refractivity (Wildman–Crippen MR) is 207 cm³/mol. The molecule has 0 amide bonds. The van der Waals surface area contributed by atoms with E-state index in [0.717, 1.165) is 85.6 Å². The van der Waals surface area contributed by atoms with Crippen molar-refractivity contribution in [3.63, 3.8) is 0 Å². The minimum absolute atomic E-state index is 0.0720. The largest absolute Gasteiger partial charge is 0.333 e. The van der Waals surface area contributed by atoms with Gasteiger partial charge in [0.1, 0.15) is 11.6 Å². The molecule has 0 radical (unpaired) electrons. The topological polar surface area (TPSA) is 34.0 Å². The number of para-hydroxylation sites is 1. The molecule has 2 unspecified atom stereocenters. The predicted octanol–water partition coefficient (Wildman–Crippen LogP) is 11.6. The molecule has 6 heteroatoms. The molecule has 10 rings (SSSR count). The van der Waals surface area contributed by atoms with Gasteiger partial charge in [-0.3, -0.25) is 4.57 Å². The van der Waals surface area contributed by atoms with Gasteiger partial charge in [-0.05, 0) is 71.5 Å². The summed E-state index contributed by atoms with van der Waals surface area (Å²) in [5.41, 5.74) is 10.5. The summed E-state index contributed by atoms with van der Waals surface area (Å²) in [6.45, 7) is 0. The molecule has 0 spiro atoms. The Morgan fingerprint density at radius 1 is 0.615 bits per heavy atom. The lowest BCUT2D eigenvalue weighted by molar-refractivity contribution is 0.582. The molecule has 2 atom stereocenters. The molecule has 0 fully saturated rings. The van der Waals surface area contributed by atoms with Gasteiger partial charge in [0.2, 0.25) is 5.95 Å². The molecule has 7 aromatic rings. The van der Waals surface area contributed by atoms with E-state index in [1.54, 1.807) is 0 Å². The molecular weight excluding hydrogens is 647 g/mol. The first-order chi connectivity index (χ1) is 25.6. The molecule has 5 aromatic carbocycles. The zero-order chi connectivity index (χ0) is 34.8. The fraction of sp³-hybridized carbons (Fsp3) is 0.0870. The number of rotatable bonds is 5. The van der Waals surface area contributed by atoms with Crippen LogP contribution in [0.5, 0.6) is 0 Å². The van der Waals surface area contributed by atoms with Gasteiger partial charge in [0.25, 0.3) is 0 Å². The Bertz CT molecular complexity index is 2660. The fourth-order valence-electron chi connectivity index (χ4n) is 8.10. The van der Waals surface area contributed by atoms with Crippen molar-refractivity contribution >= 4 is 38.8 Å². The highest BCUT2D eigenvalue weighted by atomic mass is 19.1. The fourth-order valence-corrected chi connectivity index (χ4v) is 8.10. The van der Waals surface area contributed by atoms with Crippen molar-refractivity contribution in [3.8, 4) is 28.3 Å². The molecule has 3 heterocycles.